The summed E-state index contributed by atoms with van der Waals surface area (Å²) in [6.07, 6.45) is 4.41. The molecular formula is C7H13FN4. The van der Waals surface area contributed by atoms with Crippen molar-refractivity contribution in [3.05, 3.63) is 12.4 Å². The van der Waals surface area contributed by atoms with Crippen LogP contribution in [0, 0.1) is 0 Å². The average Bonchev–Trinajstić information content (AvgIpc) is 2.57. The molecule has 0 radical (unpaired) electrons. The minimum atomic E-state index is -0.302. The van der Waals surface area contributed by atoms with E-state index in [1.165, 1.54) is 0 Å². The zero-order valence-corrected chi connectivity index (χ0v) is 6.91. The molecule has 0 aliphatic rings. The number of halogens is 1. The summed E-state index contributed by atoms with van der Waals surface area (Å²) in [6, 6.07) is 0. The Labute approximate surface area is 70.8 Å². The van der Waals surface area contributed by atoms with Crippen molar-refractivity contribution in [3.8, 4) is 0 Å². The van der Waals surface area contributed by atoms with Crippen LogP contribution in [0.1, 0.15) is 6.42 Å². The summed E-state index contributed by atoms with van der Waals surface area (Å²) in [5, 5.41) is 10.4. The van der Waals surface area contributed by atoms with Gasteiger partial charge in [-0.1, -0.05) is 5.21 Å². The third kappa shape index (κ3) is 3.43. The molecule has 0 saturated heterocycles. The van der Waals surface area contributed by atoms with E-state index in [0.717, 1.165) is 19.5 Å². The molecule has 1 aromatic heterocycles. The maximum atomic E-state index is 11.6. The number of nitrogens with zero attached hydrogens (tertiary/aromatic N) is 3. The van der Waals surface area contributed by atoms with Crippen molar-refractivity contribution in [1.82, 2.24) is 20.3 Å². The lowest BCUT2D eigenvalue weighted by atomic mass is 10.4. The van der Waals surface area contributed by atoms with E-state index in [1.807, 2.05) is 6.20 Å². The van der Waals surface area contributed by atoms with Crippen molar-refractivity contribution in [2.75, 3.05) is 19.8 Å². The van der Waals surface area contributed by atoms with Gasteiger partial charge in [-0.2, -0.15) is 0 Å². The Balaban J connectivity index is 1.96. The van der Waals surface area contributed by atoms with Gasteiger partial charge in [0.2, 0.25) is 0 Å². The number of hydrogen-bond acceptors (Lipinski definition) is 3. The van der Waals surface area contributed by atoms with E-state index in [9.17, 15) is 4.39 Å². The van der Waals surface area contributed by atoms with E-state index in [1.54, 1.807) is 10.9 Å². The van der Waals surface area contributed by atoms with E-state index >= 15 is 0 Å². The average molecular weight is 172 g/mol. The number of nitrogens with one attached hydrogen (secondary N) is 1. The molecule has 1 rings (SSSR count). The molecule has 0 saturated carbocycles. The minimum absolute atomic E-state index is 0.302. The number of aryl methyl sites for hydroxylation is 1. The molecule has 0 aliphatic carbocycles. The molecule has 5 heteroatoms. The van der Waals surface area contributed by atoms with Crippen molar-refractivity contribution in [1.29, 1.82) is 0 Å². The smallest absolute Gasteiger partial charge is 0.102 e. The third-order valence-electron chi connectivity index (χ3n) is 1.48. The summed E-state index contributed by atoms with van der Waals surface area (Å²) in [6.45, 7) is 1.80. The topological polar surface area (TPSA) is 42.7 Å². The van der Waals surface area contributed by atoms with Crippen LogP contribution in [-0.2, 0) is 6.54 Å². The van der Waals surface area contributed by atoms with Crippen molar-refractivity contribution in [2.24, 2.45) is 0 Å². The Bertz CT molecular complexity index is 187. The Hall–Kier alpha value is -0.970. The van der Waals surface area contributed by atoms with E-state index in [4.69, 9.17) is 0 Å². The Kier molecular flexibility index (Phi) is 4.30. The van der Waals surface area contributed by atoms with E-state index < -0.39 is 0 Å². The van der Waals surface area contributed by atoms with Gasteiger partial charge in [0, 0.05) is 19.3 Å². The Morgan fingerprint density at radius 2 is 2.33 bits per heavy atom. The van der Waals surface area contributed by atoms with E-state index in [2.05, 4.69) is 15.6 Å². The second-order valence-corrected chi connectivity index (χ2v) is 2.46. The van der Waals surface area contributed by atoms with Crippen LogP contribution in [0.5, 0.6) is 0 Å². The summed E-state index contributed by atoms with van der Waals surface area (Å²) in [5.41, 5.74) is 0. The molecule has 68 valence electrons. The van der Waals surface area contributed by atoms with Crippen LogP contribution < -0.4 is 5.32 Å². The first-order valence-electron chi connectivity index (χ1n) is 4.04. The van der Waals surface area contributed by atoms with Gasteiger partial charge < -0.3 is 5.32 Å². The number of rotatable bonds is 6. The Morgan fingerprint density at radius 1 is 1.42 bits per heavy atom. The predicted octanol–water partition coefficient (Wildman–Crippen LogP) is 0.227. The summed E-state index contributed by atoms with van der Waals surface area (Å²) in [4.78, 5) is 0. The molecule has 0 bridgehead atoms. The lowest BCUT2D eigenvalue weighted by Crippen LogP contribution is -2.19. The molecule has 0 spiro atoms. The van der Waals surface area contributed by atoms with Crippen molar-refractivity contribution >= 4 is 0 Å². The fourth-order valence-corrected chi connectivity index (χ4v) is 0.910. The van der Waals surface area contributed by atoms with Gasteiger partial charge in [-0.3, -0.25) is 4.68 Å². The highest BCUT2D eigenvalue weighted by atomic mass is 19.1. The van der Waals surface area contributed by atoms with Crippen molar-refractivity contribution in [3.63, 3.8) is 0 Å². The van der Waals surface area contributed by atoms with Gasteiger partial charge in [0.25, 0.3) is 0 Å². The molecule has 4 nitrogen and oxygen atoms in total. The molecule has 0 unspecified atom stereocenters. The van der Waals surface area contributed by atoms with Crippen LogP contribution in [0.4, 0.5) is 4.39 Å². The van der Waals surface area contributed by atoms with E-state index in [-0.39, 0.29) is 6.67 Å². The number of alkyl halides is 1. The fourth-order valence-electron chi connectivity index (χ4n) is 0.910. The maximum Gasteiger partial charge on any atom is 0.102 e. The number of aromatic nitrogens is 3. The van der Waals surface area contributed by atoms with Gasteiger partial charge in [-0.05, 0) is 13.0 Å². The molecule has 1 aromatic rings. The minimum Gasteiger partial charge on any atom is -0.314 e. The monoisotopic (exact) mass is 172 g/mol. The van der Waals surface area contributed by atoms with Crippen LogP contribution in [0.3, 0.4) is 0 Å². The zero-order chi connectivity index (χ0) is 8.65. The van der Waals surface area contributed by atoms with Gasteiger partial charge in [-0.15, -0.1) is 5.10 Å². The third-order valence-corrected chi connectivity index (χ3v) is 1.48. The van der Waals surface area contributed by atoms with Crippen LogP contribution in [0.2, 0.25) is 0 Å². The molecular weight excluding hydrogens is 159 g/mol. The molecule has 12 heavy (non-hydrogen) atoms. The highest BCUT2D eigenvalue weighted by molar-refractivity contribution is 4.63. The van der Waals surface area contributed by atoms with Gasteiger partial charge >= 0.3 is 0 Å². The molecule has 0 amide bonds. The van der Waals surface area contributed by atoms with Crippen LogP contribution in [-0.4, -0.2) is 34.8 Å². The summed E-state index contributed by atoms with van der Waals surface area (Å²) in [7, 11) is 0. The largest absolute Gasteiger partial charge is 0.314 e. The van der Waals surface area contributed by atoms with Gasteiger partial charge in [-0.25, -0.2) is 4.39 Å². The van der Waals surface area contributed by atoms with Crippen LogP contribution in [0.25, 0.3) is 0 Å². The Morgan fingerprint density at radius 3 is 3.00 bits per heavy atom. The standard InChI is InChI=1S/C7H13FN4/c8-2-4-9-3-1-6-12-7-5-10-11-12/h5,7,9H,1-4,6H2. The second-order valence-electron chi connectivity index (χ2n) is 2.46. The summed E-state index contributed by atoms with van der Waals surface area (Å²) >= 11 is 0. The highest BCUT2D eigenvalue weighted by Gasteiger charge is 1.90. The van der Waals surface area contributed by atoms with Gasteiger partial charge in [0.15, 0.2) is 0 Å². The lowest BCUT2D eigenvalue weighted by Gasteiger charge is -2.01. The van der Waals surface area contributed by atoms with E-state index in [0.29, 0.717) is 6.54 Å². The fraction of sp³-hybridized carbons (Fsp3) is 0.714. The first kappa shape index (κ1) is 9.12. The van der Waals surface area contributed by atoms with Crippen molar-refractivity contribution < 1.29 is 4.39 Å². The maximum absolute atomic E-state index is 11.6. The highest BCUT2D eigenvalue weighted by Crippen LogP contribution is 1.85. The summed E-state index contributed by atoms with van der Waals surface area (Å²) in [5.74, 6) is 0. The number of hydrogen-bond donors (Lipinski definition) is 1. The molecule has 0 aromatic carbocycles. The van der Waals surface area contributed by atoms with Gasteiger partial charge in [0.1, 0.15) is 6.67 Å². The van der Waals surface area contributed by atoms with Crippen LogP contribution >= 0.6 is 0 Å². The van der Waals surface area contributed by atoms with Crippen molar-refractivity contribution in [2.45, 2.75) is 13.0 Å². The first-order chi connectivity index (χ1) is 5.93. The first-order valence-corrected chi connectivity index (χ1v) is 4.04. The molecule has 0 fully saturated rings. The normalized spacial score (nSPS) is 10.4. The molecule has 1 heterocycles. The zero-order valence-electron chi connectivity index (χ0n) is 6.91. The quantitative estimate of drug-likeness (QED) is 0.624. The van der Waals surface area contributed by atoms with Crippen LogP contribution in [0.15, 0.2) is 12.4 Å². The van der Waals surface area contributed by atoms with Gasteiger partial charge in [0.05, 0.1) is 6.20 Å². The lowest BCUT2D eigenvalue weighted by molar-refractivity contribution is 0.455. The molecule has 1 N–H and O–H groups in total. The summed E-state index contributed by atoms with van der Waals surface area (Å²) < 4.78 is 13.4. The predicted molar refractivity (Wildman–Crippen MR) is 43.5 cm³/mol. The second kappa shape index (κ2) is 5.65. The molecule has 0 aliphatic heterocycles. The SMILES string of the molecule is FCCNCCCn1ccnn1. The molecule has 0 atom stereocenters.